The van der Waals surface area contributed by atoms with E-state index in [4.69, 9.17) is 12.2 Å². The van der Waals surface area contributed by atoms with Crippen molar-refractivity contribution in [3.05, 3.63) is 11.9 Å². The number of aromatic nitrogens is 2. The van der Waals surface area contributed by atoms with Crippen molar-refractivity contribution < 1.29 is 4.79 Å². The number of anilines is 1. The number of carbonyl (C=O) groups excluding carboxylic acids is 1. The number of rotatable bonds is 5. The number of nitrogens with one attached hydrogen (secondary N) is 1. The SMILES string of the molecule is C#CC(CCC)NC(=O)c1nn(CC)cc1N. The first-order valence-corrected chi connectivity index (χ1v) is 5.72. The van der Waals surface area contributed by atoms with Gasteiger partial charge in [-0.25, -0.2) is 0 Å². The molecule has 1 rings (SSSR count). The topological polar surface area (TPSA) is 72.9 Å². The highest BCUT2D eigenvalue weighted by Gasteiger charge is 2.17. The molecule has 5 nitrogen and oxygen atoms in total. The molecule has 1 unspecified atom stereocenters. The van der Waals surface area contributed by atoms with Crippen LogP contribution in [0.3, 0.4) is 0 Å². The average molecular weight is 234 g/mol. The Morgan fingerprint density at radius 2 is 2.41 bits per heavy atom. The Bertz CT molecular complexity index is 430. The van der Waals surface area contributed by atoms with Crippen LogP contribution in [0.5, 0.6) is 0 Å². The summed E-state index contributed by atoms with van der Waals surface area (Å²) in [5.74, 6) is 2.22. The lowest BCUT2D eigenvalue weighted by molar-refractivity contribution is 0.0939. The second-order valence-electron chi connectivity index (χ2n) is 3.77. The molecule has 1 aromatic rings. The number of amides is 1. The van der Waals surface area contributed by atoms with Gasteiger partial charge in [-0.1, -0.05) is 19.3 Å². The number of hydrogen-bond donors (Lipinski definition) is 2. The molecule has 1 heterocycles. The van der Waals surface area contributed by atoms with Gasteiger partial charge in [0.15, 0.2) is 5.69 Å². The lowest BCUT2D eigenvalue weighted by Crippen LogP contribution is -2.34. The van der Waals surface area contributed by atoms with Crippen LogP contribution in [-0.2, 0) is 6.54 Å². The minimum absolute atomic E-state index is 0.239. The zero-order chi connectivity index (χ0) is 12.8. The van der Waals surface area contributed by atoms with Gasteiger partial charge >= 0.3 is 0 Å². The maximum absolute atomic E-state index is 11.9. The zero-order valence-electron chi connectivity index (χ0n) is 10.2. The van der Waals surface area contributed by atoms with Crippen molar-refractivity contribution in [2.75, 3.05) is 5.73 Å². The van der Waals surface area contributed by atoms with Gasteiger partial charge < -0.3 is 11.1 Å². The summed E-state index contributed by atoms with van der Waals surface area (Å²) in [4.78, 5) is 11.9. The van der Waals surface area contributed by atoms with Crippen LogP contribution < -0.4 is 11.1 Å². The molecule has 17 heavy (non-hydrogen) atoms. The van der Waals surface area contributed by atoms with E-state index in [1.165, 1.54) is 0 Å². The van der Waals surface area contributed by atoms with E-state index >= 15 is 0 Å². The molecule has 1 amide bonds. The highest BCUT2D eigenvalue weighted by molar-refractivity contribution is 5.97. The van der Waals surface area contributed by atoms with Crippen LogP contribution in [0, 0.1) is 12.3 Å². The highest BCUT2D eigenvalue weighted by atomic mass is 16.2. The van der Waals surface area contributed by atoms with Gasteiger partial charge in [-0.15, -0.1) is 6.42 Å². The van der Waals surface area contributed by atoms with E-state index in [1.807, 2.05) is 13.8 Å². The van der Waals surface area contributed by atoms with E-state index in [9.17, 15) is 4.79 Å². The first-order chi connectivity index (χ1) is 8.12. The largest absolute Gasteiger partial charge is 0.396 e. The van der Waals surface area contributed by atoms with E-state index in [1.54, 1.807) is 10.9 Å². The number of hydrogen-bond acceptors (Lipinski definition) is 3. The molecule has 0 saturated heterocycles. The molecule has 1 aromatic heterocycles. The fourth-order valence-corrected chi connectivity index (χ4v) is 1.49. The predicted octanol–water partition coefficient (Wildman–Crippen LogP) is 1.02. The molecule has 0 bridgehead atoms. The molecule has 0 radical (unpaired) electrons. The van der Waals surface area contributed by atoms with Crippen molar-refractivity contribution in [3.8, 4) is 12.3 Å². The Morgan fingerprint density at radius 1 is 1.71 bits per heavy atom. The molecule has 5 heteroatoms. The standard InChI is InChI=1S/C12H18N4O/c1-4-7-9(5-2)14-12(17)11-10(13)8-16(6-3)15-11/h2,8-9H,4,6-7,13H2,1,3H3,(H,14,17). The first kappa shape index (κ1) is 13.1. The normalized spacial score (nSPS) is 11.8. The summed E-state index contributed by atoms with van der Waals surface area (Å²) in [7, 11) is 0. The van der Waals surface area contributed by atoms with Crippen LogP contribution in [0.15, 0.2) is 6.20 Å². The lowest BCUT2D eigenvalue weighted by Gasteiger charge is -2.10. The third-order valence-corrected chi connectivity index (χ3v) is 2.41. The summed E-state index contributed by atoms with van der Waals surface area (Å²) < 4.78 is 1.62. The molecule has 3 N–H and O–H groups in total. The maximum atomic E-state index is 11.9. The fraction of sp³-hybridized carbons (Fsp3) is 0.500. The van der Waals surface area contributed by atoms with E-state index in [-0.39, 0.29) is 17.6 Å². The molecular weight excluding hydrogens is 216 g/mol. The second kappa shape index (κ2) is 5.94. The molecule has 0 saturated carbocycles. The van der Waals surface area contributed by atoms with E-state index in [2.05, 4.69) is 16.3 Å². The molecule has 0 aliphatic rings. The molecule has 0 aliphatic carbocycles. The van der Waals surface area contributed by atoms with Gasteiger partial charge in [-0.3, -0.25) is 9.48 Å². The van der Waals surface area contributed by atoms with Gasteiger partial charge in [0.1, 0.15) is 0 Å². The maximum Gasteiger partial charge on any atom is 0.274 e. The number of terminal acetylenes is 1. The summed E-state index contributed by atoms with van der Waals surface area (Å²) in [6.07, 6.45) is 8.63. The molecule has 92 valence electrons. The molecule has 0 spiro atoms. The Labute approximate surface area is 101 Å². The van der Waals surface area contributed by atoms with E-state index < -0.39 is 0 Å². The van der Waals surface area contributed by atoms with Crippen molar-refractivity contribution in [1.29, 1.82) is 0 Å². The van der Waals surface area contributed by atoms with E-state index in [0.717, 1.165) is 12.8 Å². The highest BCUT2D eigenvalue weighted by Crippen LogP contribution is 2.09. The van der Waals surface area contributed by atoms with Crippen LogP contribution in [0.1, 0.15) is 37.2 Å². The summed E-state index contributed by atoms with van der Waals surface area (Å²) in [5, 5.41) is 6.82. The first-order valence-electron chi connectivity index (χ1n) is 5.72. The van der Waals surface area contributed by atoms with Gasteiger partial charge in [0, 0.05) is 12.7 Å². The van der Waals surface area contributed by atoms with Crippen molar-refractivity contribution in [2.24, 2.45) is 0 Å². The average Bonchev–Trinajstić information content (AvgIpc) is 2.70. The zero-order valence-corrected chi connectivity index (χ0v) is 10.2. The second-order valence-corrected chi connectivity index (χ2v) is 3.77. The van der Waals surface area contributed by atoms with E-state index in [0.29, 0.717) is 12.2 Å². The summed E-state index contributed by atoms with van der Waals surface area (Å²) in [6.45, 7) is 4.61. The smallest absolute Gasteiger partial charge is 0.274 e. The lowest BCUT2D eigenvalue weighted by atomic mass is 10.2. The van der Waals surface area contributed by atoms with Gasteiger partial charge in [0.25, 0.3) is 5.91 Å². The van der Waals surface area contributed by atoms with Gasteiger partial charge in [-0.05, 0) is 13.3 Å². The van der Waals surface area contributed by atoms with Crippen molar-refractivity contribution >= 4 is 11.6 Å². The third-order valence-electron chi connectivity index (χ3n) is 2.41. The number of nitrogen functional groups attached to an aromatic ring is 1. The van der Waals surface area contributed by atoms with Crippen molar-refractivity contribution in [2.45, 2.75) is 39.3 Å². The van der Waals surface area contributed by atoms with Crippen LogP contribution in [0.4, 0.5) is 5.69 Å². The Kier molecular flexibility index (Phi) is 4.58. The number of carbonyl (C=O) groups is 1. The summed E-state index contributed by atoms with van der Waals surface area (Å²) >= 11 is 0. The van der Waals surface area contributed by atoms with Crippen LogP contribution in [0.2, 0.25) is 0 Å². The van der Waals surface area contributed by atoms with Gasteiger partial charge in [-0.2, -0.15) is 5.10 Å². The van der Waals surface area contributed by atoms with Crippen LogP contribution >= 0.6 is 0 Å². The molecular formula is C12H18N4O. The Hall–Kier alpha value is -1.96. The van der Waals surface area contributed by atoms with Gasteiger partial charge in [0.05, 0.1) is 11.7 Å². The minimum Gasteiger partial charge on any atom is -0.396 e. The number of nitrogens with two attached hydrogens (primary N) is 1. The van der Waals surface area contributed by atoms with Gasteiger partial charge in [0.2, 0.25) is 0 Å². The minimum atomic E-state index is -0.314. The molecule has 1 atom stereocenters. The summed E-state index contributed by atoms with van der Waals surface area (Å²) in [6, 6.07) is -0.265. The quantitative estimate of drug-likeness (QED) is 0.747. The number of aryl methyl sites for hydroxylation is 1. The monoisotopic (exact) mass is 234 g/mol. The van der Waals surface area contributed by atoms with Crippen LogP contribution in [0.25, 0.3) is 0 Å². The summed E-state index contributed by atoms with van der Waals surface area (Å²) in [5.41, 5.74) is 6.32. The van der Waals surface area contributed by atoms with Crippen molar-refractivity contribution in [1.82, 2.24) is 15.1 Å². The predicted molar refractivity (Wildman–Crippen MR) is 67.3 cm³/mol. The molecule has 0 aliphatic heterocycles. The van der Waals surface area contributed by atoms with Crippen molar-refractivity contribution in [3.63, 3.8) is 0 Å². The Balaban J connectivity index is 2.75. The fourth-order valence-electron chi connectivity index (χ4n) is 1.49. The Morgan fingerprint density at radius 3 is 2.88 bits per heavy atom. The molecule has 0 aromatic carbocycles. The molecule has 0 fully saturated rings. The third kappa shape index (κ3) is 3.25. The number of nitrogens with zero attached hydrogens (tertiary/aromatic N) is 2. The van der Waals surface area contributed by atoms with Crippen LogP contribution in [-0.4, -0.2) is 21.7 Å².